The topological polar surface area (TPSA) is 66.5 Å². The maximum Gasteiger partial charge on any atom is 0.241 e. The number of benzene rings is 2. The average Bonchev–Trinajstić information content (AvgIpc) is 2.69. The normalized spacial score (nSPS) is 14.7. The summed E-state index contributed by atoms with van der Waals surface area (Å²) in [6, 6.07) is 11.9. The van der Waals surface area contributed by atoms with Crippen LogP contribution in [0.2, 0.25) is 0 Å². The molecule has 5 nitrogen and oxygen atoms in total. The number of sulfonamides is 1. The molecule has 0 heterocycles. The molecule has 0 aromatic heterocycles. The van der Waals surface area contributed by atoms with E-state index in [1.165, 1.54) is 28.3 Å². The summed E-state index contributed by atoms with van der Waals surface area (Å²) in [5.41, 5.74) is 6.29. The lowest BCUT2D eigenvalue weighted by molar-refractivity contribution is -0.120. The Morgan fingerprint density at radius 2 is 1.77 bits per heavy atom. The maximum absolute atomic E-state index is 12.9. The monoisotopic (exact) mass is 428 g/mol. The predicted octanol–water partition coefficient (Wildman–Crippen LogP) is 4.22. The van der Waals surface area contributed by atoms with Crippen LogP contribution in [0, 0.1) is 13.8 Å². The first-order chi connectivity index (χ1) is 14.2. The van der Waals surface area contributed by atoms with E-state index in [4.69, 9.17) is 0 Å². The number of aryl methyl sites for hydroxylation is 4. The van der Waals surface area contributed by atoms with Crippen LogP contribution >= 0.6 is 0 Å². The molecule has 0 saturated carbocycles. The SMILES string of the molecule is CC[C@H](NC(=O)CN(c1ccc(C)cc1C)S(C)(=O)=O)c1ccc2c(c1)CCCC2. The van der Waals surface area contributed by atoms with E-state index < -0.39 is 10.0 Å². The van der Waals surface area contributed by atoms with Gasteiger partial charge in [-0.05, 0) is 74.3 Å². The lowest BCUT2D eigenvalue weighted by Gasteiger charge is -2.26. The summed E-state index contributed by atoms with van der Waals surface area (Å²) >= 11 is 0. The van der Waals surface area contributed by atoms with E-state index in [1.807, 2.05) is 32.9 Å². The third-order valence-corrected chi connectivity index (χ3v) is 6.95. The number of hydrogen-bond acceptors (Lipinski definition) is 3. The van der Waals surface area contributed by atoms with Gasteiger partial charge >= 0.3 is 0 Å². The van der Waals surface area contributed by atoms with Gasteiger partial charge in [-0.25, -0.2) is 8.42 Å². The van der Waals surface area contributed by atoms with Crippen molar-refractivity contribution in [2.45, 2.75) is 58.9 Å². The first-order valence-electron chi connectivity index (χ1n) is 10.6. The molecule has 1 amide bonds. The van der Waals surface area contributed by atoms with E-state index in [0.717, 1.165) is 42.2 Å². The van der Waals surface area contributed by atoms with Gasteiger partial charge in [0.05, 0.1) is 18.0 Å². The van der Waals surface area contributed by atoms with Crippen molar-refractivity contribution >= 4 is 21.6 Å². The maximum atomic E-state index is 12.9. The Bertz CT molecular complexity index is 1030. The van der Waals surface area contributed by atoms with Gasteiger partial charge in [0.1, 0.15) is 6.54 Å². The van der Waals surface area contributed by atoms with Crippen molar-refractivity contribution < 1.29 is 13.2 Å². The van der Waals surface area contributed by atoms with Gasteiger partial charge in [0.15, 0.2) is 0 Å². The van der Waals surface area contributed by atoms with Crippen molar-refractivity contribution in [1.82, 2.24) is 5.32 Å². The van der Waals surface area contributed by atoms with E-state index in [-0.39, 0.29) is 18.5 Å². The summed E-state index contributed by atoms with van der Waals surface area (Å²) in [7, 11) is -3.60. The highest BCUT2D eigenvalue weighted by Crippen LogP contribution is 2.27. The van der Waals surface area contributed by atoms with Crippen molar-refractivity contribution in [3.8, 4) is 0 Å². The highest BCUT2D eigenvalue weighted by molar-refractivity contribution is 7.92. The van der Waals surface area contributed by atoms with Crippen LogP contribution in [0.4, 0.5) is 5.69 Å². The van der Waals surface area contributed by atoms with Gasteiger partial charge < -0.3 is 5.32 Å². The summed E-state index contributed by atoms with van der Waals surface area (Å²) in [5, 5.41) is 3.05. The largest absolute Gasteiger partial charge is 0.348 e. The van der Waals surface area contributed by atoms with E-state index >= 15 is 0 Å². The molecule has 0 bridgehead atoms. The molecule has 3 rings (SSSR count). The lowest BCUT2D eigenvalue weighted by atomic mass is 9.89. The third-order valence-electron chi connectivity index (χ3n) is 5.83. The Balaban J connectivity index is 1.78. The molecule has 1 aliphatic rings. The molecular formula is C24H32N2O3S. The van der Waals surface area contributed by atoms with Crippen molar-refractivity contribution in [3.63, 3.8) is 0 Å². The number of hydrogen-bond donors (Lipinski definition) is 1. The fourth-order valence-corrected chi connectivity index (χ4v) is 5.14. The number of fused-ring (bicyclic) bond motifs is 1. The Morgan fingerprint density at radius 3 is 2.40 bits per heavy atom. The van der Waals surface area contributed by atoms with Crippen LogP contribution in [-0.4, -0.2) is 27.1 Å². The second-order valence-electron chi connectivity index (χ2n) is 8.32. The minimum Gasteiger partial charge on any atom is -0.348 e. The zero-order chi connectivity index (χ0) is 21.9. The van der Waals surface area contributed by atoms with Crippen molar-refractivity contribution in [1.29, 1.82) is 0 Å². The van der Waals surface area contributed by atoms with Crippen LogP contribution in [0.3, 0.4) is 0 Å². The number of carbonyl (C=O) groups is 1. The zero-order valence-electron chi connectivity index (χ0n) is 18.4. The fraction of sp³-hybridized carbons (Fsp3) is 0.458. The Kier molecular flexibility index (Phi) is 6.86. The van der Waals surface area contributed by atoms with Crippen LogP contribution in [-0.2, 0) is 27.7 Å². The quantitative estimate of drug-likeness (QED) is 0.718. The molecule has 0 unspecified atom stereocenters. The summed E-state index contributed by atoms with van der Waals surface area (Å²) in [6.07, 6.45) is 6.53. The minimum atomic E-state index is -3.60. The first-order valence-corrected chi connectivity index (χ1v) is 12.5. The number of anilines is 1. The number of carbonyl (C=O) groups excluding carboxylic acids is 1. The van der Waals surface area contributed by atoms with Gasteiger partial charge in [0.25, 0.3) is 0 Å². The summed E-state index contributed by atoms with van der Waals surface area (Å²) in [4.78, 5) is 12.9. The second kappa shape index (κ2) is 9.21. The van der Waals surface area contributed by atoms with Gasteiger partial charge in [0.2, 0.25) is 15.9 Å². The molecule has 30 heavy (non-hydrogen) atoms. The molecule has 0 radical (unpaired) electrons. The molecule has 0 spiro atoms. The Labute approximate surface area is 180 Å². The number of rotatable bonds is 7. The molecule has 2 aromatic rings. The minimum absolute atomic E-state index is 0.134. The first kappa shape index (κ1) is 22.3. The predicted molar refractivity (Wildman–Crippen MR) is 122 cm³/mol. The van der Waals surface area contributed by atoms with E-state index in [2.05, 4.69) is 23.5 Å². The summed E-state index contributed by atoms with van der Waals surface area (Å²) in [6.45, 7) is 5.62. The van der Waals surface area contributed by atoms with Crippen molar-refractivity contribution in [3.05, 3.63) is 64.2 Å². The number of nitrogens with zero attached hydrogens (tertiary/aromatic N) is 1. The standard InChI is InChI=1S/C24H32N2O3S/c1-5-22(21-12-11-19-8-6-7-9-20(19)15-21)25-24(27)16-26(30(4,28)29)23-13-10-17(2)14-18(23)3/h10-15,22H,5-9,16H2,1-4H3,(H,25,27)/t22-/m0/s1. The molecule has 1 atom stereocenters. The van der Waals surface area contributed by atoms with Crippen LogP contribution in [0.1, 0.15) is 60.0 Å². The number of nitrogens with one attached hydrogen (secondary N) is 1. The smallest absolute Gasteiger partial charge is 0.241 e. The lowest BCUT2D eigenvalue weighted by Crippen LogP contribution is -2.41. The van der Waals surface area contributed by atoms with Gasteiger partial charge in [-0.3, -0.25) is 9.10 Å². The molecule has 0 aliphatic heterocycles. The molecule has 0 saturated heterocycles. The van der Waals surface area contributed by atoms with E-state index in [9.17, 15) is 13.2 Å². The Hall–Kier alpha value is -2.34. The van der Waals surface area contributed by atoms with Gasteiger partial charge in [-0.2, -0.15) is 0 Å². The third kappa shape index (κ3) is 5.22. The van der Waals surface area contributed by atoms with Gasteiger partial charge in [0, 0.05) is 0 Å². The van der Waals surface area contributed by atoms with Crippen molar-refractivity contribution in [2.24, 2.45) is 0 Å². The fourth-order valence-electron chi connectivity index (χ4n) is 4.23. The average molecular weight is 429 g/mol. The van der Waals surface area contributed by atoms with Gasteiger partial charge in [-0.1, -0.05) is 42.8 Å². The van der Waals surface area contributed by atoms with Crippen LogP contribution in [0.25, 0.3) is 0 Å². The molecule has 2 aromatic carbocycles. The molecule has 6 heteroatoms. The van der Waals surface area contributed by atoms with E-state index in [0.29, 0.717) is 5.69 Å². The number of amides is 1. The molecule has 1 aliphatic carbocycles. The Morgan fingerprint density at radius 1 is 1.07 bits per heavy atom. The van der Waals surface area contributed by atoms with Gasteiger partial charge in [-0.15, -0.1) is 0 Å². The summed E-state index contributed by atoms with van der Waals surface area (Å²) < 4.78 is 26.1. The second-order valence-corrected chi connectivity index (χ2v) is 10.2. The highest BCUT2D eigenvalue weighted by atomic mass is 32.2. The zero-order valence-corrected chi connectivity index (χ0v) is 19.2. The van der Waals surface area contributed by atoms with Crippen molar-refractivity contribution in [2.75, 3.05) is 17.1 Å². The molecule has 1 N–H and O–H groups in total. The van der Waals surface area contributed by atoms with E-state index in [1.54, 1.807) is 6.07 Å². The molecular weight excluding hydrogens is 396 g/mol. The summed E-state index contributed by atoms with van der Waals surface area (Å²) in [5.74, 6) is -0.301. The highest BCUT2D eigenvalue weighted by Gasteiger charge is 2.24. The molecule has 0 fully saturated rings. The van der Waals surface area contributed by atoms with Crippen LogP contribution in [0.15, 0.2) is 36.4 Å². The van der Waals surface area contributed by atoms with Crippen LogP contribution < -0.4 is 9.62 Å². The van der Waals surface area contributed by atoms with Crippen LogP contribution in [0.5, 0.6) is 0 Å². The molecule has 162 valence electrons.